The Bertz CT molecular complexity index is 1020. The van der Waals surface area contributed by atoms with E-state index >= 15 is 0 Å². The summed E-state index contributed by atoms with van der Waals surface area (Å²) in [5, 5.41) is 21.4. The Balaban J connectivity index is 1.57. The molecule has 1 unspecified atom stereocenters. The summed E-state index contributed by atoms with van der Waals surface area (Å²) >= 11 is 12.0. The van der Waals surface area contributed by atoms with Gasteiger partial charge < -0.3 is 15.2 Å². The molecule has 0 aliphatic rings. The van der Waals surface area contributed by atoms with Gasteiger partial charge in [-0.05, 0) is 43.7 Å². The van der Waals surface area contributed by atoms with Crippen molar-refractivity contribution < 1.29 is 14.6 Å². The normalized spacial score (nSPS) is 11.9. The van der Waals surface area contributed by atoms with Gasteiger partial charge in [-0.1, -0.05) is 46.6 Å². The first-order chi connectivity index (χ1) is 13.9. The van der Waals surface area contributed by atoms with E-state index < -0.39 is 12.0 Å². The summed E-state index contributed by atoms with van der Waals surface area (Å²) in [6.45, 7) is 3.66. The zero-order valence-corrected chi connectivity index (χ0v) is 17.4. The van der Waals surface area contributed by atoms with Crippen LogP contribution in [0.5, 0.6) is 5.75 Å². The molecule has 0 radical (unpaired) electrons. The van der Waals surface area contributed by atoms with E-state index in [4.69, 9.17) is 27.9 Å². The molecule has 1 amide bonds. The fourth-order valence-electron chi connectivity index (χ4n) is 2.68. The van der Waals surface area contributed by atoms with Crippen molar-refractivity contribution in [1.82, 2.24) is 20.3 Å². The molecule has 3 rings (SSSR count). The number of aliphatic hydroxyl groups excluding tert-OH is 1. The van der Waals surface area contributed by atoms with Gasteiger partial charge in [0.2, 0.25) is 0 Å². The van der Waals surface area contributed by atoms with E-state index in [0.717, 1.165) is 11.3 Å². The molecule has 0 aliphatic heterocycles. The van der Waals surface area contributed by atoms with Crippen LogP contribution in [-0.2, 0) is 0 Å². The number of aryl methyl sites for hydroxylation is 1. The summed E-state index contributed by atoms with van der Waals surface area (Å²) in [5.41, 5.74) is 2.69. The monoisotopic (exact) mass is 434 g/mol. The molecule has 0 bridgehead atoms. The molecular weight excluding hydrogens is 415 g/mol. The zero-order chi connectivity index (χ0) is 21.0. The van der Waals surface area contributed by atoms with Crippen LogP contribution < -0.4 is 10.1 Å². The van der Waals surface area contributed by atoms with Crippen LogP contribution in [0.1, 0.15) is 21.7 Å². The first-order valence-corrected chi connectivity index (χ1v) is 9.65. The molecule has 3 aromatic rings. The zero-order valence-electron chi connectivity index (χ0n) is 15.9. The van der Waals surface area contributed by atoms with Crippen LogP contribution >= 0.6 is 23.2 Å². The van der Waals surface area contributed by atoms with Gasteiger partial charge in [0, 0.05) is 6.54 Å². The third kappa shape index (κ3) is 5.06. The van der Waals surface area contributed by atoms with Crippen LogP contribution in [0, 0.1) is 13.8 Å². The third-order valence-electron chi connectivity index (χ3n) is 4.20. The summed E-state index contributed by atoms with van der Waals surface area (Å²) in [6.07, 6.45) is -0.943. The summed E-state index contributed by atoms with van der Waals surface area (Å²) < 4.78 is 7.06. The van der Waals surface area contributed by atoms with E-state index in [2.05, 4.69) is 15.6 Å². The second kappa shape index (κ2) is 9.26. The van der Waals surface area contributed by atoms with E-state index in [1.54, 1.807) is 29.8 Å². The number of benzene rings is 2. The average Bonchev–Trinajstić information content (AvgIpc) is 3.08. The van der Waals surface area contributed by atoms with Crippen molar-refractivity contribution >= 4 is 29.1 Å². The predicted octanol–water partition coefficient (Wildman–Crippen LogP) is 3.36. The second-order valence-corrected chi connectivity index (χ2v) is 7.29. The van der Waals surface area contributed by atoms with Gasteiger partial charge in [-0.3, -0.25) is 4.79 Å². The maximum Gasteiger partial charge on any atom is 0.273 e. The first kappa shape index (κ1) is 21.1. The lowest BCUT2D eigenvalue weighted by atomic mass is 10.2. The number of carbonyl (C=O) groups is 1. The maximum absolute atomic E-state index is 12.4. The van der Waals surface area contributed by atoms with Crippen molar-refractivity contribution in [2.75, 3.05) is 13.2 Å². The molecule has 152 valence electrons. The van der Waals surface area contributed by atoms with Crippen molar-refractivity contribution in [1.29, 1.82) is 0 Å². The van der Waals surface area contributed by atoms with Gasteiger partial charge in [0.1, 0.15) is 23.5 Å². The number of halogens is 2. The summed E-state index contributed by atoms with van der Waals surface area (Å²) in [6, 6.07) is 12.7. The highest BCUT2D eigenvalue weighted by Gasteiger charge is 2.18. The molecular formula is C20H20Cl2N4O3. The maximum atomic E-state index is 12.4. The number of aliphatic hydroxyl groups is 1. The highest BCUT2D eigenvalue weighted by molar-refractivity contribution is 6.42. The number of hydrogen-bond donors (Lipinski definition) is 2. The van der Waals surface area contributed by atoms with Crippen LogP contribution in [0.3, 0.4) is 0 Å². The minimum atomic E-state index is -0.943. The number of hydrogen-bond acceptors (Lipinski definition) is 5. The van der Waals surface area contributed by atoms with Crippen molar-refractivity contribution in [2.45, 2.75) is 20.0 Å². The fraction of sp³-hybridized carbons (Fsp3) is 0.250. The van der Waals surface area contributed by atoms with Gasteiger partial charge in [0.15, 0.2) is 5.69 Å². The average molecular weight is 435 g/mol. The standard InChI is InChI=1S/C20H20Cl2N4O3/c1-12-5-3-6-14(9-12)26-13(2)19(24-25-26)20(28)23-10-15(27)11-29-17-8-4-7-16(21)18(17)22/h3-9,15,27H,10-11H2,1-2H3,(H,23,28). The summed E-state index contributed by atoms with van der Waals surface area (Å²) in [7, 11) is 0. The Kier molecular flexibility index (Phi) is 6.74. The Labute approximate surface area is 178 Å². The highest BCUT2D eigenvalue weighted by Crippen LogP contribution is 2.31. The lowest BCUT2D eigenvalue weighted by Crippen LogP contribution is -2.35. The smallest absolute Gasteiger partial charge is 0.273 e. The number of carbonyl (C=O) groups excluding carboxylic acids is 1. The topological polar surface area (TPSA) is 89.3 Å². The van der Waals surface area contributed by atoms with E-state index in [9.17, 15) is 9.90 Å². The Morgan fingerprint density at radius 2 is 2.00 bits per heavy atom. The number of rotatable bonds is 7. The summed E-state index contributed by atoms with van der Waals surface area (Å²) in [5.74, 6) is -0.0669. The van der Waals surface area contributed by atoms with Gasteiger partial charge in [-0.15, -0.1) is 5.10 Å². The number of nitrogens with one attached hydrogen (secondary N) is 1. The van der Waals surface area contributed by atoms with Gasteiger partial charge in [-0.25, -0.2) is 4.68 Å². The minimum absolute atomic E-state index is 0.0201. The van der Waals surface area contributed by atoms with E-state index in [-0.39, 0.29) is 23.9 Å². The quantitative estimate of drug-likeness (QED) is 0.594. The van der Waals surface area contributed by atoms with Crippen molar-refractivity contribution in [3.05, 3.63) is 69.5 Å². The largest absolute Gasteiger partial charge is 0.489 e. The number of ether oxygens (including phenoxy) is 1. The molecule has 0 aliphatic carbocycles. The molecule has 9 heteroatoms. The first-order valence-electron chi connectivity index (χ1n) is 8.89. The van der Waals surface area contributed by atoms with Crippen LogP contribution in [0.25, 0.3) is 5.69 Å². The van der Waals surface area contributed by atoms with E-state index in [0.29, 0.717) is 16.5 Å². The number of aromatic nitrogens is 3. The Morgan fingerprint density at radius 1 is 1.24 bits per heavy atom. The van der Waals surface area contributed by atoms with Crippen molar-refractivity contribution in [3.8, 4) is 11.4 Å². The molecule has 2 aromatic carbocycles. The highest BCUT2D eigenvalue weighted by atomic mass is 35.5. The van der Waals surface area contributed by atoms with Gasteiger partial charge >= 0.3 is 0 Å². The molecule has 29 heavy (non-hydrogen) atoms. The molecule has 2 N–H and O–H groups in total. The predicted molar refractivity (Wildman–Crippen MR) is 111 cm³/mol. The summed E-state index contributed by atoms with van der Waals surface area (Å²) in [4.78, 5) is 12.4. The molecule has 1 heterocycles. The van der Waals surface area contributed by atoms with Gasteiger partial charge in [0.05, 0.1) is 16.4 Å². The Morgan fingerprint density at radius 3 is 2.76 bits per heavy atom. The van der Waals surface area contributed by atoms with Crippen molar-refractivity contribution in [2.24, 2.45) is 0 Å². The molecule has 0 spiro atoms. The fourth-order valence-corrected chi connectivity index (χ4v) is 3.02. The lowest BCUT2D eigenvalue weighted by Gasteiger charge is -2.14. The number of nitrogens with zero attached hydrogens (tertiary/aromatic N) is 3. The number of amides is 1. The van der Waals surface area contributed by atoms with Crippen LogP contribution in [0.2, 0.25) is 10.0 Å². The van der Waals surface area contributed by atoms with Crippen LogP contribution in [-0.4, -0.2) is 45.3 Å². The Hall–Kier alpha value is -2.61. The molecule has 0 saturated heterocycles. The minimum Gasteiger partial charge on any atom is -0.489 e. The van der Waals surface area contributed by atoms with Gasteiger partial charge in [-0.2, -0.15) is 0 Å². The molecule has 0 saturated carbocycles. The van der Waals surface area contributed by atoms with E-state index in [1.807, 2.05) is 31.2 Å². The van der Waals surface area contributed by atoms with Crippen LogP contribution in [0.15, 0.2) is 42.5 Å². The van der Waals surface area contributed by atoms with Crippen LogP contribution in [0.4, 0.5) is 0 Å². The lowest BCUT2D eigenvalue weighted by molar-refractivity contribution is 0.0839. The molecule has 7 nitrogen and oxygen atoms in total. The van der Waals surface area contributed by atoms with E-state index in [1.165, 1.54) is 0 Å². The molecule has 1 aromatic heterocycles. The molecule has 1 atom stereocenters. The second-order valence-electron chi connectivity index (χ2n) is 6.50. The van der Waals surface area contributed by atoms with Gasteiger partial charge in [0.25, 0.3) is 5.91 Å². The molecule has 0 fully saturated rings. The SMILES string of the molecule is Cc1cccc(-n2nnc(C(=O)NCC(O)COc3cccc(Cl)c3Cl)c2C)c1. The third-order valence-corrected chi connectivity index (χ3v) is 5.00. The van der Waals surface area contributed by atoms with Crippen molar-refractivity contribution in [3.63, 3.8) is 0 Å².